The number of morpholine rings is 1. The third-order valence-corrected chi connectivity index (χ3v) is 5.00. The van der Waals surface area contributed by atoms with Crippen molar-refractivity contribution >= 4 is 5.91 Å². The van der Waals surface area contributed by atoms with Crippen molar-refractivity contribution in [2.24, 2.45) is 0 Å². The Kier molecular flexibility index (Phi) is 5.78. The molecule has 0 N–H and O–H groups in total. The molecule has 0 saturated carbocycles. The highest BCUT2D eigenvalue weighted by Crippen LogP contribution is 2.22. The summed E-state index contributed by atoms with van der Waals surface area (Å²) in [5.41, 5.74) is 4.18. The third kappa shape index (κ3) is 4.65. The second-order valence-corrected chi connectivity index (χ2v) is 7.08. The molecule has 1 saturated heterocycles. The molecule has 2 aromatic carbocycles. The van der Waals surface area contributed by atoms with Gasteiger partial charge in [-0.05, 0) is 23.3 Å². The van der Waals surface area contributed by atoms with Crippen molar-refractivity contribution in [1.29, 1.82) is 0 Å². The van der Waals surface area contributed by atoms with Crippen LogP contribution in [0.4, 0.5) is 0 Å². The average molecular weight is 372 g/mol. The van der Waals surface area contributed by atoms with Gasteiger partial charge in [0.2, 0.25) is 5.91 Å². The van der Waals surface area contributed by atoms with E-state index in [1.165, 1.54) is 5.56 Å². The van der Waals surface area contributed by atoms with E-state index in [0.717, 1.165) is 23.4 Å². The minimum Gasteiger partial charge on any atom is -0.368 e. The van der Waals surface area contributed by atoms with E-state index in [9.17, 15) is 4.79 Å². The molecule has 1 aromatic heterocycles. The van der Waals surface area contributed by atoms with Crippen LogP contribution in [-0.4, -0.2) is 35.5 Å². The normalized spacial score (nSPS) is 16.7. The summed E-state index contributed by atoms with van der Waals surface area (Å²) in [6.45, 7) is 1.72. The van der Waals surface area contributed by atoms with Crippen LogP contribution in [0.3, 0.4) is 0 Å². The standard InChI is InChI=1S/C24H24N2O2/c27-24(17-20-10-5-2-6-11-20)26-14-15-28-23(18-26)22-13-7-12-21(25-22)16-19-8-3-1-4-9-19/h1-13,23H,14-18H2. The summed E-state index contributed by atoms with van der Waals surface area (Å²) in [5.74, 6) is 0.139. The Morgan fingerprint density at radius 1 is 0.929 bits per heavy atom. The second kappa shape index (κ2) is 8.81. The van der Waals surface area contributed by atoms with Gasteiger partial charge in [-0.15, -0.1) is 0 Å². The number of amides is 1. The molecule has 2 heterocycles. The van der Waals surface area contributed by atoms with Crippen molar-refractivity contribution in [3.05, 3.63) is 101 Å². The van der Waals surface area contributed by atoms with Gasteiger partial charge in [-0.1, -0.05) is 66.7 Å². The highest BCUT2D eigenvalue weighted by atomic mass is 16.5. The summed E-state index contributed by atoms with van der Waals surface area (Å²) in [5, 5.41) is 0. The van der Waals surface area contributed by atoms with Crippen molar-refractivity contribution in [2.45, 2.75) is 18.9 Å². The topological polar surface area (TPSA) is 42.4 Å². The molecule has 28 heavy (non-hydrogen) atoms. The Balaban J connectivity index is 1.43. The highest BCUT2D eigenvalue weighted by molar-refractivity contribution is 5.78. The zero-order valence-corrected chi connectivity index (χ0v) is 15.8. The average Bonchev–Trinajstić information content (AvgIpc) is 2.75. The van der Waals surface area contributed by atoms with Crippen LogP contribution in [0.2, 0.25) is 0 Å². The van der Waals surface area contributed by atoms with Gasteiger partial charge in [0.05, 0.1) is 25.3 Å². The molecule has 1 amide bonds. The predicted octanol–water partition coefficient (Wildman–Crippen LogP) is 3.82. The van der Waals surface area contributed by atoms with Gasteiger partial charge < -0.3 is 9.64 Å². The Bertz CT molecular complexity index is 912. The minimum atomic E-state index is -0.177. The molecule has 1 aliphatic rings. The van der Waals surface area contributed by atoms with E-state index in [2.05, 4.69) is 12.1 Å². The largest absolute Gasteiger partial charge is 0.368 e. The molecule has 142 valence electrons. The van der Waals surface area contributed by atoms with Crippen molar-refractivity contribution < 1.29 is 9.53 Å². The zero-order valence-electron chi connectivity index (χ0n) is 15.8. The van der Waals surface area contributed by atoms with Gasteiger partial charge in [-0.3, -0.25) is 9.78 Å². The van der Waals surface area contributed by atoms with Gasteiger partial charge in [0.1, 0.15) is 6.10 Å². The Morgan fingerprint density at radius 3 is 2.39 bits per heavy atom. The summed E-state index contributed by atoms with van der Waals surface area (Å²) in [4.78, 5) is 19.4. The van der Waals surface area contributed by atoms with Gasteiger partial charge in [0, 0.05) is 18.7 Å². The van der Waals surface area contributed by atoms with Crippen LogP contribution in [0, 0.1) is 0 Å². The fraction of sp³-hybridized carbons (Fsp3) is 0.250. The van der Waals surface area contributed by atoms with Gasteiger partial charge >= 0.3 is 0 Å². The Hall–Kier alpha value is -2.98. The Morgan fingerprint density at radius 2 is 1.64 bits per heavy atom. The van der Waals surface area contributed by atoms with Crippen LogP contribution in [-0.2, 0) is 22.4 Å². The van der Waals surface area contributed by atoms with Gasteiger partial charge in [0.15, 0.2) is 0 Å². The first-order chi connectivity index (χ1) is 13.8. The van der Waals surface area contributed by atoms with E-state index in [1.807, 2.05) is 71.6 Å². The molecule has 0 spiro atoms. The van der Waals surface area contributed by atoms with E-state index in [0.29, 0.717) is 26.1 Å². The van der Waals surface area contributed by atoms with Crippen molar-refractivity contribution in [1.82, 2.24) is 9.88 Å². The molecule has 1 fully saturated rings. The number of hydrogen-bond acceptors (Lipinski definition) is 3. The van der Waals surface area contributed by atoms with Crippen molar-refractivity contribution in [3.63, 3.8) is 0 Å². The van der Waals surface area contributed by atoms with Crippen LogP contribution in [0.5, 0.6) is 0 Å². The SMILES string of the molecule is O=C(Cc1ccccc1)N1CCOC(c2cccc(Cc3ccccc3)n2)C1. The molecular formula is C24H24N2O2. The quantitative estimate of drug-likeness (QED) is 0.684. The number of carbonyl (C=O) groups is 1. The monoisotopic (exact) mass is 372 g/mol. The summed E-state index contributed by atoms with van der Waals surface area (Å²) in [6, 6.07) is 26.2. The minimum absolute atomic E-state index is 0.139. The van der Waals surface area contributed by atoms with Crippen LogP contribution < -0.4 is 0 Å². The maximum atomic E-state index is 12.7. The number of nitrogens with zero attached hydrogens (tertiary/aromatic N) is 2. The first kappa shape index (κ1) is 18.4. The number of carbonyl (C=O) groups excluding carboxylic acids is 1. The summed E-state index contributed by atoms with van der Waals surface area (Å²) in [6.07, 6.45) is 1.04. The summed E-state index contributed by atoms with van der Waals surface area (Å²) in [7, 11) is 0. The smallest absolute Gasteiger partial charge is 0.227 e. The Labute approximate surface area is 165 Å². The lowest BCUT2D eigenvalue weighted by Crippen LogP contribution is -2.43. The molecule has 1 unspecified atom stereocenters. The number of aromatic nitrogens is 1. The molecule has 4 rings (SSSR count). The highest BCUT2D eigenvalue weighted by Gasteiger charge is 2.26. The lowest BCUT2D eigenvalue weighted by atomic mass is 10.1. The van der Waals surface area contributed by atoms with E-state index < -0.39 is 0 Å². The van der Waals surface area contributed by atoms with Crippen LogP contribution in [0.1, 0.15) is 28.6 Å². The molecular weight excluding hydrogens is 348 g/mol. The van der Waals surface area contributed by atoms with E-state index >= 15 is 0 Å². The number of pyridine rings is 1. The van der Waals surface area contributed by atoms with Crippen molar-refractivity contribution in [3.8, 4) is 0 Å². The molecule has 1 aliphatic heterocycles. The maximum absolute atomic E-state index is 12.7. The molecule has 0 radical (unpaired) electrons. The van der Waals surface area contributed by atoms with E-state index in [1.54, 1.807) is 0 Å². The fourth-order valence-electron chi connectivity index (χ4n) is 3.52. The van der Waals surface area contributed by atoms with Crippen molar-refractivity contribution in [2.75, 3.05) is 19.7 Å². The summed E-state index contributed by atoms with van der Waals surface area (Å²) >= 11 is 0. The molecule has 3 aromatic rings. The van der Waals surface area contributed by atoms with Crippen LogP contribution >= 0.6 is 0 Å². The lowest BCUT2D eigenvalue weighted by molar-refractivity contribution is -0.138. The van der Waals surface area contributed by atoms with Crippen LogP contribution in [0.15, 0.2) is 78.9 Å². The van der Waals surface area contributed by atoms with E-state index in [-0.39, 0.29) is 12.0 Å². The predicted molar refractivity (Wildman–Crippen MR) is 109 cm³/mol. The molecule has 4 heteroatoms. The molecule has 0 aliphatic carbocycles. The van der Waals surface area contributed by atoms with Crippen LogP contribution in [0.25, 0.3) is 0 Å². The number of hydrogen-bond donors (Lipinski definition) is 0. The molecule has 0 bridgehead atoms. The lowest BCUT2D eigenvalue weighted by Gasteiger charge is -2.33. The molecule has 1 atom stereocenters. The molecule has 4 nitrogen and oxygen atoms in total. The first-order valence-corrected chi connectivity index (χ1v) is 9.71. The number of benzene rings is 2. The zero-order chi connectivity index (χ0) is 19.2. The number of ether oxygens (including phenoxy) is 1. The third-order valence-electron chi connectivity index (χ3n) is 5.00. The fourth-order valence-corrected chi connectivity index (χ4v) is 3.52. The number of rotatable bonds is 5. The summed E-state index contributed by atoms with van der Waals surface area (Å²) < 4.78 is 5.94. The van der Waals surface area contributed by atoms with Gasteiger partial charge in [-0.2, -0.15) is 0 Å². The van der Waals surface area contributed by atoms with E-state index in [4.69, 9.17) is 9.72 Å². The van der Waals surface area contributed by atoms with Gasteiger partial charge in [-0.25, -0.2) is 0 Å². The van der Waals surface area contributed by atoms with Gasteiger partial charge in [0.25, 0.3) is 0 Å². The second-order valence-electron chi connectivity index (χ2n) is 7.08. The maximum Gasteiger partial charge on any atom is 0.227 e. The first-order valence-electron chi connectivity index (χ1n) is 9.71.